The smallest absolute Gasteiger partial charge is 0.333 e. The zero-order valence-electron chi connectivity index (χ0n) is 10.8. The topological polar surface area (TPSA) is 115 Å². The van der Waals surface area contributed by atoms with Crippen molar-refractivity contribution >= 4 is 11.5 Å². The maximum absolute atomic E-state index is 11.0. The number of anilines is 1. The molecule has 9 nitrogen and oxygen atoms in total. The van der Waals surface area contributed by atoms with Crippen LogP contribution in [0, 0.1) is 17.0 Å². The summed E-state index contributed by atoms with van der Waals surface area (Å²) in [7, 11) is 1.68. The van der Waals surface area contributed by atoms with Gasteiger partial charge >= 0.3 is 5.69 Å². The molecular formula is C10H15N7O2. The molecule has 2 rings (SSSR count). The zero-order valence-corrected chi connectivity index (χ0v) is 10.8. The predicted molar refractivity (Wildman–Crippen MR) is 67.8 cm³/mol. The summed E-state index contributed by atoms with van der Waals surface area (Å²) in [4.78, 5) is 14.6. The van der Waals surface area contributed by atoms with E-state index in [9.17, 15) is 10.1 Å². The van der Waals surface area contributed by atoms with E-state index in [0.717, 1.165) is 18.7 Å². The minimum absolute atomic E-state index is 0.0298. The van der Waals surface area contributed by atoms with Crippen molar-refractivity contribution in [1.29, 1.82) is 0 Å². The summed E-state index contributed by atoms with van der Waals surface area (Å²) in [5, 5.41) is 24.6. The molecule has 0 aromatic carbocycles. The van der Waals surface area contributed by atoms with Crippen LogP contribution in [0.3, 0.4) is 0 Å². The van der Waals surface area contributed by atoms with Crippen LogP contribution in [0.2, 0.25) is 0 Å². The molecular weight excluding hydrogens is 250 g/mol. The van der Waals surface area contributed by atoms with Crippen molar-refractivity contribution in [3.63, 3.8) is 0 Å². The van der Waals surface area contributed by atoms with Gasteiger partial charge in [0.15, 0.2) is 0 Å². The fraction of sp³-hybridized carbons (Fsp3) is 0.500. The molecule has 0 amide bonds. The van der Waals surface area contributed by atoms with Gasteiger partial charge in [0.05, 0.1) is 4.92 Å². The van der Waals surface area contributed by atoms with Crippen LogP contribution in [0.5, 0.6) is 0 Å². The van der Waals surface area contributed by atoms with Crippen LogP contribution in [0.4, 0.5) is 11.5 Å². The number of hydrogen-bond donors (Lipinski definition) is 2. The highest BCUT2D eigenvalue weighted by molar-refractivity contribution is 5.59. The van der Waals surface area contributed by atoms with Crippen LogP contribution in [-0.4, -0.2) is 36.4 Å². The minimum Gasteiger partial charge on any atom is -0.365 e. The minimum atomic E-state index is -0.416. The first-order valence-electron chi connectivity index (χ1n) is 5.85. The number of H-pyrrole nitrogens is 1. The van der Waals surface area contributed by atoms with Crippen molar-refractivity contribution in [3.8, 4) is 0 Å². The molecule has 0 aliphatic heterocycles. The largest absolute Gasteiger partial charge is 0.365 e. The molecule has 0 atom stereocenters. The maximum atomic E-state index is 11.0. The molecule has 2 heterocycles. The summed E-state index contributed by atoms with van der Waals surface area (Å²) < 4.78 is 1.49. The first kappa shape index (κ1) is 13.0. The molecule has 2 N–H and O–H groups in total. The molecule has 0 fully saturated rings. The lowest BCUT2D eigenvalue weighted by atomic mass is 10.3. The molecule has 0 bridgehead atoms. The SMILES string of the molecule is Cc1nn(C)c(NCCCc2ncn[nH]2)c1[N+](=O)[O-]. The van der Waals surface area contributed by atoms with Gasteiger partial charge in [-0.1, -0.05) is 0 Å². The van der Waals surface area contributed by atoms with Crippen molar-refractivity contribution in [2.24, 2.45) is 7.05 Å². The highest BCUT2D eigenvalue weighted by atomic mass is 16.6. The highest BCUT2D eigenvalue weighted by Gasteiger charge is 2.23. The second kappa shape index (κ2) is 5.46. The summed E-state index contributed by atoms with van der Waals surface area (Å²) >= 11 is 0. The van der Waals surface area contributed by atoms with E-state index in [-0.39, 0.29) is 5.69 Å². The monoisotopic (exact) mass is 265 g/mol. The van der Waals surface area contributed by atoms with Crippen molar-refractivity contribution in [3.05, 3.63) is 28.0 Å². The number of nitrogens with one attached hydrogen (secondary N) is 2. The van der Waals surface area contributed by atoms with E-state index in [1.54, 1.807) is 14.0 Å². The fourth-order valence-electron chi connectivity index (χ4n) is 1.88. The molecule has 0 aliphatic rings. The van der Waals surface area contributed by atoms with Gasteiger partial charge in [0, 0.05) is 20.0 Å². The Morgan fingerprint density at radius 3 is 3.00 bits per heavy atom. The Labute approximate surface area is 109 Å². The van der Waals surface area contributed by atoms with Gasteiger partial charge in [-0.15, -0.1) is 0 Å². The van der Waals surface area contributed by atoms with E-state index < -0.39 is 4.92 Å². The van der Waals surface area contributed by atoms with Gasteiger partial charge in [-0.3, -0.25) is 15.2 Å². The molecule has 0 spiro atoms. The number of hydrogen-bond acceptors (Lipinski definition) is 6. The standard InChI is InChI=1S/C10H15N7O2/c1-7-9(17(18)19)10(16(2)15-7)11-5-3-4-8-12-6-13-14-8/h6,11H,3-5H2,1-2H3,(H,12,13,14). The predicted octanol–water partition coefficient (Wildman–Crippen LogP) is 0.800. The van der Waals surface area contributed by atoms with E-state index in [1.807, 2.05) is 0 Å². The lowest BCUT2D eigenvalue weighted by Crippen LogP contribution is -2.09. The third-order valence-corrected chi connectivity index (χ3v) is 2.72. The fourth-order valence-corrected chi connectivity index (χ4v) is 1.88. The lowest BCUT2D eigenvalue weighted by molar-refractivity contribution is -0.384. The average molecular weight is 265 g/mol. The molecule has 2 aromatic rings. The van der Waals surface area contributed by atoms with Crippen molar-refractivity contribution in [2.75, 3.05) is 11.9 Å². The second-order valence-corrected chi connectivity index (χ2v) is 4.13. The van der Waals surface area contributed by atoms with Gasteiger partial charge in [0.25, 0.3) is 0 Å². The molecule has 0 aliphatic carbocycles. The molecule has 19 heavy (non-hydrogen) atoms. The van der Waals surface area contributed by atoms with Gasteiger partial charge in [-0.05, 0) is 13.3 Å². The first-order valence-corrected chi connectivity index (χ1v) is 5.85. The van der Waals surface area contributed by atoms with Gasteiger partial charge < -0.3 is 5.32 Å². The Morgan fingerprint density at radius 1 is 1.58 bits per heavy atom. The van der Waals surface area contributed by atoms with Crippen LogP contribution in [0.1, 0.15) is 17.9 Å². The van der Waals surface area contributed by atoms with Crippen molar-refractivity contribution in [1.82, 2.24) is 25.0 Å². The van der Waals surface area contributed by atoms with Crippen LogP contribution in [-0.2, 0) is 13.5 Å². The summed E-state index contributed by atoms with van der Waals surface area (Å²) in [5.41, 5.74) is 0.437. The first-order chi connectivity index (χ1) is 9.09. The van der Waals surface area contributed by atoms with Gasteiger partial charge in [0.2, 0.25) is 5.82 Å². The Bertz CT molecular complexity index is 561. The second-order valence-electron chi connectivity index (χ2n) is 4.13. The lowest BCUT2D eigenvalue weighted by Gasteiger charge is -2.05. The van der Waals surface area contributed by atoms with E-state index >= 15 is 0 Å². The highest BCUT2D eigenvalue weighted by Crippen LogP contribution is 2.26. The quantitative estimate of drug-likeness (QED) is 0.453. The van der Waals surface area contributed by atoms with E-state index in [1.165, 1.54) is 11.0 Å². The van der Waals surface area contributed by atoms with Crippen LogP contribution in [0.25, 0.3) is 0 Å². The zero-order chi connectivity index (χ0) is 13.8. The number of nitrogens with zero attached hydrogens (tertiary/aromatic N) is 5. The molecule has 102 valence electrons. The third kappa shape index (κ3) is 2.87. The normalized spacial score (nSPS) is 10.6. The number of nitro groups is 1. The third-order valence-electron chi connectivity index (χ3n) is 2.72. The molecule has 0 saturated heterocycles. The van der Waals surface area contributed by atoms with Crippen LogP contribution in [0.15, 0.2) is 6.33 Å². The Hall–Kier alpha value is -2.45. The summed E-state index contributed by atoms with van der Waals surface area (Å²) in [5.74, 6) is 1.23. The maximum Gasteiger partial charge on any atom is 0.333 e. The summed E-state index contributed by atoms with van der Waals surface area (Å²) in [6.45, 7) is 2.22. The van der Waals surface area contributed by atoms with Crippen molar-refractivity contribution in [2.45, 2.75) is 19.8 Å². The van der Waals surface area contributed by atoms with Gasteiger partial charge in [-0.25, -0.2) is 9.67 Å². The molecule has 0 saturated carbocycles. The van der Waals surface area contributed by atoms with Gasteiger partial charge in [-0.2, -0.15) is 10.2 Å². The molecule has 9 heteroatoms. The Morgan fingerprint density at radius 2 is 2.37 bits per heavy atom. The number of aryl methyl sites for hydroxylation is 3. The van der Waals surface area contributed by atoms with E-state index in [2.05, 4.69) is 25.6 Å². The summed E-state index contributed by atoms with van der Waals surface area (Å²) in [6, 6.07) is 0. The molecule has 0 radical (unpaired) electrons. The Balaban J connectivity index is 1.94. The number of rotatable bonds is 6. The number of aromatic amines is 1. The van der Waals surface area contributed by atoms with E-state index in [4.69, 9.17) is 0 Å². The van der Waals surface area contributed by atoms with Crippen LogP contribution < -0.4 is 5.32 Å². The average Bonchev–Trinajstić information content (AvgIpc) is 2.93. The molecule has 0 unspecified atom stereocenters. The Kier molecular flexibility index (Phi) is 3.74. The summed E-state index contributed by atoms with van der Waals surface area (Å²) in [6.07, 6.45) is 2.98. The molecule has 2 aromatic heterocycles. The number of aromatic nitrogens is 5. The van der Waals surface area contributed by atoms with Crippen molar-refractivity contribution < 1.29 is 4.92 Å². The van der Waals surface area contributed by atoms with E-state index in [0.29, 0.717) is 18.1 Å². The van der Waals surface area contributed by atoms with Crippen LogP contribution >= 0.6 is 0 Å². The van der Waals surface area contributed by atoms with Gasteiger partial charge in [0.1, 0.15) is 17.8 Å².